The zero-order valence-electron chi connectivity index (χ0n) is 14.4. The summed E-state index contributed by atoms with van der Waals surface area (Å²) in [6.07, 6.45) is -3.85. The van der Waals surface area contributed by atoms with Crippen LogP contribution in [0.1, 0.15) is 16.8 Å². The van der Waals surface area contributed by atoms with Crippen molar-refractivity contribution in [1.29, 1.82) is 0 Å². The SMILES string of the molecule is CN(CC(F)(F)F)C(=O)CN1CCCN(C(=O)c2cccc(F)c2)CC1. The summed E-state index contributed by atoms with van der Waals surface area (Å²) in [5, 5.41) is 0. The van der Waals surface area contributed by atoms with Crippen molar-refractivity contribution in [3.63, 3.8) is 0 Å². The summed E-state index contributed by atoms with van der Waals surface area (Å²) in [4.78, 5) is 28.3. The number of hydrogen-bond acceptors (Lipinski definition) is 3. The molecule has 0 aliphatic carbocycles. The van der Waals surface area contributed by atoms with Crippen molar-refractivity contribution >= 4 is 11.8 Å². The molecule has 26 heavy (non-hydrogen) atoms. The highest BCUT2D eigenvalue weighted by molar-refractivity contribution is 5.94. The Balaban J connectivity index is 1.89. The number of benzene rings is 1. The van der Waals surface area contributed by atoms with Gasteiger partial charge in [-0.15, -0.1) is 0 Å². The molecule has 0 aromatic heterocycles. The first kappa shape index (κ1) is 20.2. The zero-order valence-corrected chi connectivity index (χ0v) is 14.4. The van der Waals surface area contributed by atoms with Gasteiger partial charge in [0.2, 0.25) is 5.91 Å². The van der Waals surface area contributed by atoms with E-state index in [4.69, 9.17) is 0 Å². The maximum Gasteiger partial charge on any atom is 0.406 e. The Bertz CT molecular complexity index is 651. The number of rotatable bonds is 4. The van der Waals surface area contributed by atoms with Crippen LogP contribution >= 0.6 is 0 Å². The highest BCUT2D eigenvalue weighted by Gasteiger charge is 2.31. The van der Waals surface area contributed by atoms with E-state index in [1.165, 1.54) is 24.3 Å². The predicted molar refractivity (Wildman–Crippen MR) is 87.1 cm³/mol. The second kappa shape index (κ2) is 8.48. The molecule has 0 unspecified atom stereocenters. The lowest BCUT2D eigenvalue weighted by molar-refractivity contribution is -0.159. The Morgan fingerprint density at radius 1 is 1.15 bits per heavy atom. The van der Waals surface area contributed by atoms with Gasteiger partial charge >= 0.3 is 6.18 Å². The number of alkyl halides is 3. The second-order valence-electron chi connectivity index (χ2n) is 6.30. The molecule has 0 N–H and O–H groups in total. The van der Waals surface area contributed by atoms with E-state index in [0.29, 0.717) is 37.5 Å². The standard InChI is InChI=1S/C17H21F4N3O2/c1-22(12-17(19,20)21)15(25)11-23-6-3-7-24(9-8-23)16(26)13-4-2-5-14(18)10-13/h2,4-5,10H,3,6-9,11-12H2,1H3. The van der Waals surface area contributed by atoms with Gasteiger partial charge in [-0.3, -0.25) is 14.5 Å². The highest BCUT2D eigenvalue weighted by Crippen LogP contribution is 2.16. The average Bonchev–Trinajstić information content (AvgIpc) is 2.78. The molecule has 1 fully saturated rings. The molecule has 1 aliphatic heterocycles. The van der Waals surface area contributed by atoms with Crippen LogP contribution in [0.4, 0.5) is 17.6 Å². The summed E-state index contributed by atoms with van der Waals surface area (Å²) in [7, 11) is 1.12. The Kier molecular flexibility index (Phi) is 6.57. The lowest BCUT2D eigenvalue weighted by atomic mass is 10.2. The summed E-state index contributed by atoms with van der Waals surface area (Å²) < 4.78 is 50.4. The third-order valence-electron chi connectivity index (χ3n) is 4.15. The zero-order chi connectivity index (χ0) is 19.3. The van der Waals surface area contributed by atoms with Crippen molar-refractivity contribution in [2.24, 2.45) is 0 Å². The Morgan fingerprint density at radius 3 is 2.54 bits per heavy atom. The lowest BCUT2D eigenvalue weighted by Crippen LogP contribution is -2.43. The maximum absolute atomic E-state index is 13.3. The van der Waals surface area contributed by atoms with Gasteiger partial charge in [0, 0.05) is 38.8 Å². The van der Waals surface area contributed by atoms with E-state index in [0.717, 1.165) is 7.05 Å². The first-order chi connectivity index (χ1) is 12.2. The van der Waals surface area contributed by atoms with Crippen LogP contribution in [0.5, 0.6) is 0 Å². The van der Waals surface area contributed by atoms with Gasteiger partial charge in [-0.2, -0.15) is 13.2 Å². The van der Waals surface area contributed by atoms with E-state index in [2.05, 4.69) is 0 Å². The van der Waals surface area contributed by atoms with Crippen molar-refractivity contribution in [2.45, 2.75) is 12.6 Å². The Hall–Kier alpha value is -2.16. The molecule has 1 aromatic carbocycles. The highest BCUT2D eigenvalue weighted by atomic mass is 19.4. The molecule has 144 valence electrons. The molecule has 1 saturated heterocycles. The molecule has 0 saturated carbocycles. The summed E-state index contributed by atoms with van der Waals surface area (Å²) in [6, 6.07) is 5.41. The number of nitrogens with zero attached hydrogens (tertiary/aromatic N) is 3. The van der Waals surface area contributed by atoms with Gasteiger partial charge in [0.25, 0.3) is 5.91 Å². The van der Waals surface area contributed by atoms with Crippen molar-refractivity contribution in [3.05, 3.63) is 35.6 Å². The molecule has 2 rings (SSSR count). The molecule has 0 spiro atoms. The van der Waals surface area contributed by atoms with Gasteiger partial charge in [-0.05, 0) is 24.6 Å². The number of carbonyl (C=O) groups is 2. The van der Waals surface area contributed by atoms with Crippen molar-refractivity contribution in [2.75, 3.05) is 46.3 Å². The van der Waals surface area contributed by atoms with Crippen LogP contribution in [-0.4, -0.2) is 79.0 Å². The van der Waals surface area contributed by atoms with Crippen molar-refractivity contribution < 1.29 is 27.2 Å². The average molecular weight is 375 g/mol. The monoisotopic (exact) mass is 375 g/mol. The quantitative estimate of drug-likeness (QED) is 0.756. The smallest absolute Gasteiger partial charge is 0.337 e. The molecule has 0 atom stereocenters. The molecule has 1 heterocycles. The van der Waals surface area contributed by atoms with Crippen LogP contribution in [0.15, 0.2) is 24.3 Å². The van der Waals surface area contributed by atoms with Crippen LogP contribution in [0.3, 0.4) is 0 Å². The van der Waals surface area contributed by atoms with Gasteiger partial charge < -0.3 is 9.80 Å². The van der Waals surface area contributed by atoms with E-state index in [9.17, 15) is 27.2 Å². The van der Waals surface area contributed by atoms with E-state index in [-0.39, 0.29) is 18.0 Å². The third-order valence-corrected chi connectivity index (χ3v) is 4.15. The number of halogens is 4. The van der Waals surface area contributed by atoms with Gasteiger partial charge in [0.1, 0.15) is 12.4 Å². The summed E-state index contributed by atoms with van der Waals surface area (Å²) in [5.41, 5.74) is 0.249. The topological polar surface area (TPSA) is 43.9 Å². The van der Waals surface area contributed by atoms with Crippen LogP contribution in [0, 0.1) is 5.82 Å². The maximum atomic E-state index is 13.3. The number of carbonyl (C=O) groups excluding carboxylic acids is 2. The molecule has 1 aromatic rings. The second-order valence-corrected chi connectivity index (χ2v) is 6.30. The molecular formula is C17H21F4N3O2. The molecule has 9 heteroatoms. The van der Waals surface area contributed by atoms with Crippen molar-refractivity contribution in [3.8, 4) is 0 Å². The minimum atomic E-state index is -4.43. The van der Waals surface area contributed by atoms with Gasteiger partial charge in [-0.1, -0.05) is 6.07 Å². The lowest BCUT2D eigenvalue weighted by Gasteiger charge is -2.24. The molecule has 0 bridgehead atoms. The van der Waals surface area contributed by atoms with Gasteiger partial charge in [0.15, 0.2) is 0 Å². The molecule has 2 amide bonds. The Labute approximate surface area is 149 Å². The van der Waals surface area contributed by atoms with Crippen LogP contribution in [-0.2, 0) is 4.79 Å². The first-order valence-electron chi connectivity index (χ1n) is 8.23. The van der Waals surface area contributed by atoms with Crippen LogP contribution in [0.25, 0.3) is 0 Å². The Morgan fingerprint density at radius 2 is 1.88 bits per heavy atom. The van der Waals surface area contributed by atoms with Crippen LogP contribution in [0.2, 0.25) is 0 Å². The fraction of sp³-hybridized carbons (Fsp3) is 0.529. The third kappa shape index (κ3) is 5.98. The summed E-state index contributed by atoms with van der Waals surface area (Å²) in [5.74, 6) is -1.41. The fourth-order valence-corrected chi connectivity index (χ4v) is 2.81. The molecule has 1 aliphatic rings. The normalized spacial score (nSPS) is 16.3. The van der Waals surface area contributed by atoms with Gasteiger partial charge in [-0.25, -0.2) is 4.39 Å². The molecular weight excluding hydrogens is 354 g/mol. The minimum Gasteiger partial charge on any atom is -0.337 e. The van der Waals surface area contributed by atoms with E-state index in [1.807, 2.05) is 0 Å². The number of likely N-dealkylation sites (N-methyl/N-ethyl adjacent to an activating group) is 1. The molecule has 5 nitrogen and oxygen atoms in total. The van der Waals surface area contributed by atoms with E-state index >= 15 is 0 Å². The minimum absolute atomic E-state index is 0.130. The first-order valence-corrected chi connectivity index (χ1v) is 8.23. The summed E-state index contributed by atoms with van der Waals surface area (Å²) >= 11 is 0. The number of hydrogen-bond donors (Lipinski definition) is 0. The molecule has 0 radical (unpaired) electrons. The number of amides is 2. The largest absolute Gasteiger partial charge is 0.406 e. The fourth-order valence-electron chi connectivity index (χ4n) is 2.81. The van der Waals surface area contributed by atoms with Gasteiger partial charge in [0.05, 0.1) is 6.54 Å². The van der Waals surface area contributed by atoms with Crippen LogP contribution < -0.4 is 0 Å². The predicted octanol–water partition coefficient (Wildman–Crippen LogP) is 1.99. The van der Waals surface area contributed by atoms with E-state index < -0.39 is 24.4 Å². The van der Waals surface area contributed by atoms with Crippen molar-refractivity contribution in [1.82, 2.24) is 14.7 Å². The van der Waals surface area contributed by atoms with E-state index in [1.54, 1.807) is 9.80 Å². The summed E-state index contributed by atoms with van der Waals surface area (Å²) in [6.45, 7) is 0.216.